The van der Waals surface area contributed by atoms with Crippen LogP contribution in [0.25, 0.3) is 5.83 Å². The molecule has 2 aromatic carbocycles. The SMILES string of the molecule is FC(F)(F)C(F)(F)C(F)(F)C(F)(F)C(F)(F)C(F)(F)[Si](Cl)(Cl)C(F)(F)C(F)(F)C(F)(F)C(F)(F)C(F)(F)C(F)(F)F.FC(F)=C(F)[Si](Cl)(Cl)C(C(F)(F)F)(C(F)(F)F)C(F)(F)F.FC(F)=C(F)[Si](Cl)(Cl)C(F)(F)C(F)(F)C(F)(F)C(F)(F)C(F)(F)C(F)(F)C(F)(F)C(F)(F)F.FC(F)=C(F)c1c(F)c(F)c([Si](Cl)(Cl)c2c(F)c(F)c(F)c(F)c2F)c(F)c1F. The Morgan fingerprint density at radius 2 is 0.355 bits per heavy atom. The van der Waals surface area contributed by atoms with E-state index in [0.29, 0.717) is 0 Å². The molecule has 0 aliphatic heterocycles. The third kappa shape index (κ3) is 17.9. The second-order valence-electron chi connectivity index (χ2n) is 21.5. The summed E-state index contributed by atoms with van der Waals surface area (Å²) in [5.41, 5.74) is -35.6. The minimum absolute atomic E-state index is 2.20. The van der Waals surface area contributed by atoms with Crippen molar-refractivity contribution in [2.24, 2.45) is 0 Å². The van der Waals surface area contributed by atoms with Gasteiger partial charge in [-0.25, -0.2) is 79.0 Å². The van der Waals surface area contributed by atoms with Gasteiger partial charge in [-0.2, -0.15) is 228 Å². The first-order chi connectivity index (χ1) is 52.9. The van der Waals surface area contributed by atoms with E-state index in [9.17, 15) is 307 Å². The minimum atomic E-state index is -9.92. The van der Waals surface area contributed by atoms with Crippen LogP contribution in [0.15, 0.2) is 29.1 Å². The van der Waals surface area contributed by atoms with Crippen LogP contribution in [0.2, 0.25) is 5.04 Å². The molecule has 0 heterocycles. The van der Waals surface area contributed by atoms with Crippen LogP contribution < -0.4 is 10.4 Å². The zero-order valence-corrected chi connectivity index (χ0v) is 62.5. The van der Waals surface area contributed by atoms with Gasteiger partial charge in [0, 0.05) is 0 Å². The summed E-state index contributed by atoms with van der Waals surface area (Å²) >= 11 is 35.1. The molecule has 0 bridgehead atoms. The molecule has 2 aromatic rings. The molecule has 0 aromatic heterocycles. The fourth-order valence-electron chi connectivity index (χ4n) is 7.25. The van der Waals surface area contributed by atoms with Gasteiger partial charge in [-0.05, 0) is 0 Å². The van der Waals surface area contributed by atoms with E-state index in [4.69, 9.17) is 22.2 Å². The summed E-state index contributed by atoms with van der Waals surface area (Å²) < 4.78 is 908. The molecule has 0 radical (unpaired) electrons. The number of hydrogen-bond donors (Lipinski definition) is 0. The van der Waals surface area contributed by atoms with Crippen LogP contribution in [0.1, 0.15) is 5.56 Å². The standard InChI is InChI=1S/C14Cl2F12Si.C12Cl2F26Si.C10Cl2F20Si.C6Cl2F12Si/c15-29(16,13-10(25)6(21)5(20)7(22)11(13)26)12-8(23)2(17)1(3(18)9(12)24)4(19)14(27)28;13-41(14,11(37,38)7(27,28)3(19,20)1(15,16)5(23,24)9(31,32)33)12(39,40)8(29,30)4(21,22)2(17,18)6(25,26)10(34,35)36;11-33(12,2(15)1(13)14)10(31,32)8(26,27)6(22,23)4(18,19)3(16,17)5(20,21)7(24,25)9(28,29)30;7-21(8,2(11)1(9)10)3(4(12,13)14,5(15,16)17)6(18,19)20. The van der Waals surface area contributed by atoms with Crippen molar-refractivity contribution in [2.75, 3.05) is 0 Å². The van der Waals surface area contributed by atoms with Crippen LogP contribution in [0.3, 0.4) is 0 Å². The first-order valence-electron chi connectivity index (χ1n) is 25.7. The van der Waals surface area contributed by atoms with Crippen LogP contribution in [-0.4, -0.2) is 163 Å². The number of alkyl halides is 52. The highest BCUT2D eigenvalue weighted by Crippen LogP contribution is 2.75. The van der Waals surface area contributed by atoms with Gasteiger partial charge in [-0.1, -0.05) is 0 Å². The first-order valence-corrected chi connectivity index (χ1v) is 41.8. The molecule has 0 spiro atoms. The van der Waals surface area contributed by atoms with Crippen LogP contribution in [0, 0.1) is 52.4 Å². The van der Waals surface area contributed by atoms with E-state index >= 15 is 0 Å². The second-order valence-corrected chi connectivity index (χ2v) is 46.5. The highest BCUT2D eigenvalue weighted by Gasteiger charge is 3.02. The molecule has 2 rings (SSSR count). The van der Waals surface area contributed by atoms with E-state index in [1.165, 1.54) is 0 Å². The Balaban J connectivity index is 0. The highest BCUT2D eigenvalue weighted by molar-refractivity contribution is 7.56. The summed E-state index contributed by atoms with van der Waals surface area (Å²) in [6, 6.07) is 0. The molecule has 82 heteroatoms. The van der Waals surface area contributed by atoms with Gasteiger partial charge in [0.2, 0.25) is 11.6 Å². The van der Waals surface area contributed by atoms with Gasteiger partial charge < -0.3 is 0 Å². The maximum absolute atomic E-state index is 14.2. The normalized spacial score (nSPS) is 15.3. The lowest BCUT2D eigenvalue weighted by Gasteiger charge is -2.46. The van der Waals surface area contributed by atoms with Gasteiger partial charge >= 0.3 is 169 Å². The van der Waals surface area contributed by atoms with Crippen molar-refractivity contribution >= 4 is 132 Å². The van der Waals surface area contributed by atoms with Crippen LogP contribution in [0.5, 0.6) is 0 Å². The Morgan fingerprint density at radius 1 is 0.185 bits per heavy atom. The molecule has 124 heavy (non-hydrogen) atoms. The Morgan fingerprint density at radius 3 is 0.540 bits per heavy atom. The van der Waals surface area contributed by atoms with Gasteiger partial charge in [0.05, 0.1) is 15.9 Å². The van der Waals surface area contributed by atoms with Gasteiger partial charge in [0.15, 0.2) is 57.4 Å². The quantitative estimate of drug-likeness (QED) is 0.0342. The average Bonchev–Trinajstić information content (AvgIpc) is 0.695. The second kappa shape index (κ2) is 34.8. The minimum Gasteiger partial charge on any atom is -0.208 e. The average molecular weight is 2230 g/mol. The lowest BCUT2D eigenvalue weighted by Crippen LogP contribution is -2.80. The molecule has 0 unspecified atom stereocenters. The van der Waals surface area contributed by atoms with Crippen LogP contribution in [0.4, 0.5) is 307 Å². The molecule has 0 saturated heterocycles. The summed E-state index contributed by atoms with van der Waals surface area (Å²) in [5.74, 6) is -152. The summed E-state index contributed by atoms with van der Waals surface area (Å²) in [5, 5.41) is -11.5. The first kappa shape index (κ1) is 122. The topological polar surface area (TPSA) is 0 Å². The Hall–Kier alpha value is -4.05. The van der Waals surface area contributed by atoms with Crippen LogP contribution >= 0.6 is 88.6 Å². The summed E-state index contributed by atoms with van der Waals surface area (Å²) in [4.78, 5) is 0. The van der Waals surface area contributed by atoms with E-state index in [1.807, 2.05) is 0 Å². The molecule has 0 atom stereocenters. The molecule has 0 N–H and O–H groups in total. The van der Waals surface area contributed by atoms with E-state index < -0.39 is 272 Å². The molecule has 0 saturated carbocycles. The lowest BCUT2D eigenvalue weighted by atomic mass is 9.91. The Kier molecular flexibility index (Phi) is 34.3. The number of hydrogen-bond acceptors (Lipinski definition) is 0. The van der Waals surface area contributed by atoms with Crippen molar-refractivity contribution < 1.29 is 307 Å². The molecular formula is C42Cl8F70Si4. The molecule has 0 aliphatic carbocycles. The van der Waals surface area contributed by atoms with Gasteiger partial charge in [-0.3, -0.25) is 0 Å². The monoisotopic (exact) mass is 2230 g/mol. The zero-order valence-electron chi connectivity index (χ0n) is 52.5. The third-order valence-electron chi connectivity index (χ3n) is 13.9. The fraction of sp³-hybridized carbons (Fsp3) is 0.571. The van der Waals surface area contributed by atoms with E-state index in [0.717, 1.165) is 0 Å². The lowest BCUT2D eigenvalue weighted by molar-refractivity contribution is -0.458. The highest BCUT2D eigenvalue weighted by atomic mass is 35.7. The predicted molar refractivity (Wildman–Crippen MR) is 276 cm³/mol. The zero-order chi connectivity index (χ0) is 102. The summed E-state index contributed by atoms with van der Waals surface area (Å²) in [6.45, 7) is -31.2. The Labute approximate surface area is 666 Å². The van der Waals surface area contributed by atoms with E-state index in [1.54, 1.807) is 0 Å². The van der Waals surface area contributed by atoms with Crippen molar-refractivity contribution in [3.63, 3.8) is 0 Å². The van der Waals surface area contributed by atoms with Crippen molar-refractivity contribution in [3.8, 4) is 0 Å². The largest absolute Gasteiger partial charge is 0.460 e. The van der Waals surface area contributed by atoms with Gasteiger partial charge in [0.25, 0.3) is 17.2 Å². The van der Waals surface area contributed by atoms with Gasteiger partial charge in [-0.15, -0.1) is 88.6 Å². The van der Waals surface area contributed by atoms with Crippen molar-refractivity contribution in [3.05, 3.63) is 87.1 Å². The number of rotatable bonds is 23. The van der Waals surface area contributed by atoms with Crippen molar-refractivity contribution in [1.82, 2.24) is 0 Å². The summed E-state index contributed by atoms with van der Waals surface area (Å²) in [6.07, 6.45) is -57.6. The van der Waals surface area contributed by atoms with E-state index in [2.05, 4.69) is 66.5 Å². The molecule has 0 amide bonds. The molecular weight excluding hydrogens is 2230 g/mol. The number of benzene rings is 2. The number of halogens is 78. The molecule has 730 valence electrons. The maximum atomic E-state index is 14.2. The third-order valence-corrected chi connectivity index (χ3v) is 32.8. The maximum Gasteiger partial charge on any atom is 0.460 e. The summed E-state index contributed by atoms with van der Waals surface area (Å²) in [7, 11) is 0. The smallest absolute Gasteiger partial charge is 0.208 e. The molecule has 0 fully saturated rings. The molecule has 0 aliphatic rings. The Bertz CT molecular complexity index is 4110. The van der Waals surface area contributed by atoms with Gasteiger partial charge in [0.1, 0.15) is 0 Å². The van der Waals surface area contributed by atoms with Crippen LogP contribution in [-0.2, 0) is 0 Å². The predicted octanol–water partition coefficient (Wildman–Crippen LogP) is 29.0. The molecule has 0 nitrogen and oxygen atoms in total. The van der Waals surface area contributed by atoms with E-state index in [-0.39, 0.29) is 0 Å². The van der Waals surface area contributed by atoms with Crippen molar-refractivity contribution in [2.45, 2.75) is 142 Å². The van der Waals surface area contributed by atoms with Crippen molar-refractivity contribution in [1.29, 1.82) is 0 Å². The fourth-order valence-corrected chi connectivity index (χ4v) is 20.1.